The van der Waals surface area contributed by atoms with Crippen molar-refractivity contribution in [3.8, 4) is 22.7 Å². The normalized spacial score (nSPS) is 11.2. The number of benzene rings is 2. The highest BCUT2D eigenvalue weighted by Gasteiger charge is 2.18. The van der Waals surface area contributed by atoms with Gasteiger partial charge in [0.05, 0.1) is 30.4 Å². The van der Waals surface area contributed by atoms with E-state index in [4.69, 9.17) is 9.72 Å². The van der Waals surface area contributed by atoms with Crippen molar-refractivity contribution in [2.75, 3.05) is 7.11 Å². The molecule has 5 rings (SSSR count). The zero-order valence-electron chi connectivity index (χ0n) is 17.6. The Bertz CT molecular complexity index is 1450. The molecular weight excluding hydrogens is 440 g/mol. The first kappa shape index (κ1) is 20.5. The van der Waals surface area contributed by atoms with Crippen LogP contribution in [0.2, 0.25) is 0 Å². The van der Waals surface area contributed by atoms with E-state index in [1.807, 2.05) is 61.0 Å². The summed E-state index contributed by atoms with van der Waals surface area (Å²) in [5.41, 5.74) is 4.52. The maximum Gasteiger partial charge on any atom is 0.258 e. The number of aryl methyl sites for hydroxylation is 1. The van der Waals surface area contributed by atoms with E-state index in [0.29, 0.717) is 10.7 Å². The topological polar surface area (TPSA) is 61.4 Å². The fraction of sp³-hybridized carbons (Fsp3) is 0.125. The monoisotopic (exact) mass is 460 g/mol. The molecule has 0 bridgehead atoms. The van der Waals surface area contributed by atoms with Gasteiger partial charge in [-0.1, -0.05) is 54.2 Å². The first-order chi connectivity index (χ1) is 15.7. The minimum absolute atomic E-state index is 0.0533. The molecule has 0 radical (unpaired) electrons. The molecular formula is C24H20N4O2S2. The minimum Gasteiger partial charge on any atom is -0.495 e. The van der Waals surface area contributed by atoms with Gasteiger partial charge in [0, 0.05) is 28.5 Å². The van der Waals surface area contributed by atoms with Crippen LogP contribution >= 0.6 is 23.1 Å². The highest BCUT2D eigenvalue weighted by atomic mass is 32.2. The third-order valence-corrected chi connectivity index (χ3v) is 7.03. The number of thioether (sulfide) groups is 1. The largest absolute Gasteiger partial charge is 0.495 e. The highest BCUT2D eigenvalue weighted by Crippen LogP contribution is 2.34. The summed E-state index contributed by atoms with van der Waals surface area (Å²) < 4.78 is 9.37. The van der Waals surface area contributed by atoms with E-state index >= 15 is 0 Å². The maximum absolute atomic E-state index is 12.5. The number of hydrogen-bond acceptors (Lipinski definition) is 6. The summed E-state index contributed by atoms with van der Waals surface area (Å²) in [7, 11) is 1.67. The molecule has 0 aliphatic rings. The Labute approximate surface area is 193 Å². The molecule has 0 N–H and O–H groups in total. The molecule has 0 amide bonds. The molecule has 32 heavy (non-hydrogen) atoms. The van der Waals surface area contributed by atoms with Gasteiger partial charge in [0.15, 0.2) is 10.1 Å². The standard InChI is InChI=1S/C24H20N4O2S2/c1-16-14-31-24-26-18(12-22(29)27(16)24)15-32-23-25-13-20(17-8-4-3-5-9-17)28(23)19-10-6-7-11-21(19)30-2/h3-14H,15H2,1-2H3. The van der Waals surface area contributed by atoms with E-state index in [2.05, 4.69) is 21.7 Å². The molecule has 6 nitrogen and oxygen atoms in total. The number of aromatic nitrogens is 4. The number of nitrogens with zero attached hydrogens (tertiary/aromatic N) is 4. The Morgan fingerprint density at radius 3 is 2.69 bits per heavy atom. The summed E-state index contributed by atoms with van der Waals surface area (Å²) in [6.45, 7) is 1.91. The van der Waals surface area contributed by atoms with Crippen LogP contribution in [0.3, 0.4) is 0 Å². The van der Waals surface area contributed by atoms with Gasteiger partial charge in [-0.3, -0.25) is 13.8 Å². The SMILES string of the molecule is COc1ccccc1-n1c(-c2ccccc2)cnc1SCc1cc(=O)n2c(C)csc2n1. The van der Waals surface area contributed by atoms with Crippen molar-refractivity contribution in [3.63, 3.8) is 0 Å². The van der Waals surface area contributed by atoms with Crippen molar-refractivity contribution in [2.24, 2.45) is 0 Å². The molecule has 0 aliphatic heterocycles. The number of ether oxygens (including phenoxy) is 1. The lowest BCUT2D eigenvalue weighted by atomic mass is 10.1. The summed E-state index contributed by atoms with van der Waals surface area (Å²) in [6.07, 6.45) is 1.87. The minimum atomic E-state index is -0.0533. The van der Waals surface area contributed by atoms with E-state index in [-0.39, 0.29) is 5.56 Å². The average Bonchev–Trinajstić information content (AvgIpc) is 3.42. The van der Waals surface area contributed by atoms with Gasteiger partial charge >= 0.3 is 0 Å². The predicted octanol–water partition coefficient (Wildman–Crippen LogP) is 5.22. The Hall–Kier alpha value is -3.36. The molecule has 0 spiro atoms. The first-order valence-electron chi connectivity index (χ1n) is 10.0. The van der Waals surface area contributed by atoms with Gasteiger partial charge in [-0.05, 0) is 19.1 Å². The highest BCUT2D eigenvalue weighted by molar-refractivity contribution is 7.98. The van der Waals surface area contributed by atoms with Gasteiger partial charge < -0.3 is 4.74 Å². The Kier molecular flexibility index (Phi) is 5.55. The van der Waals surface area contributed by atoms with Crippen LogP contribution < -0.4 is 10.3 Å². The molecule has 160 valence electrons. The van der Waals surface area contributed by atoms with E-state index in [9.17, 15) is 4.79 Å². The molecule has 3 aromatic heterocycles. The summed E-state index contributed by atoms with van der Waals surface area (Å²) in [5, 5.41) is 2.75. The van der Waals surface area contributed by atoms with Gasteiger partial charge in [0.2, 0.25) is 0 Å². The average molecular weight is 461 g/mol. The van der Waals surface area contributed by atoms with Gasteiger partial charge in [-0.15, -0.1) is 11.3 Å². The number of rotatable bonds is 6. The zero-order valence-corrected chi connectivity index (χ0v) is 19.2. The van der Waals surface area contributed by atoms with Crippen LogP contribution in [0.5, 0.6) is 5.75 Å². The smallest absolute Gasteiger partial charge is 0.258 e. The molecule has 0 unspecified atom stereocenters. The first-order valence-corrected chi connectivity index (χ1v) is 11.9. The molecule has 0 saturated carbocycles. The van der Waals surface area contributed by atoms with E-state index < -0.39 is 0 Å². The molecule has 0 fully saturated rings. The van der Waals surface area contributed by atoms with E-state index in [1.54, 1.807) is 29.3 Å². The van der Waals surface area contributed by atoms with Crippen molar-refractivity contribution in [2.45, 2.75) is 17.8 Å². The van der Waals surface area contributed by atoms with Crippen molar-refractivity contribution < 1.29 is 4.74 Å². The van der Waals surface area contributed by atoms with E-state index in [0.717, 1.165) is 39.2 Å². The third kappa shape index (κ3) is 3.72. The number of fused-ring (bicyclic) bond motifs is 1. The summed E-state index contributed by atoms with van der Waals surface area (Å²) in [5.74, 6) is 1.29. The van der Waals surface area contributed by atoms with Gasteiger partial charge in [-0.25, -0.2) is 9.97 Å². The van der Waals surface area contributed by atoms with Crippen LogP contribution in [0, 0.1) is 6.92 Å². The third-order valence-electron chi connectivity index (χ3n) is 5.10. The predicted molar refractivity (Wildman–Crippen MR) is 129 cm³/mol. The number of methoxy groups -OCH3 is 1. The quantitative estimate of drug-likeness (QED) is 0.325. The second kappa shape index (κ2) is 8.64. The van der Waals surface area contributed by atoms with Crippen molar-refractivity contribution in [1.82, 2.24) is 18.9 Å². The summed E-state index contributed by atoms with van der Waals surface area (Å²) in [6, 6.07) is 19.6. The number of para-hydroxylation sites is 2. The Balaban J connectivity index is 1.56. The molecule has 2 aromatic carbocycles. The fourth-order valence-electron chi connectivity index (χ4n) is 3.61. The molecule has 0 saturated heterocycles. The van der Waals surface area contributed by atoms with Crippen LogP contribution in [0.25, 0.3) is 21.9 Å². The van der Waals surface area contributed by atoms with Gasteiger partial charge in [0.25, 0.3) is 5.56 Å². The molecule has 5 aromatic rings. The lowest BCUT2D eigenvalue weighted by molar-refractivity contribution is 0.412. The van der Waals surface area contributed by atoms with Crippen LogP contribution in [0.4, 0.5) is 0 Å². The second-order valence-corrected chi connectivity index (χ2v) is 8.95. The van der Waals surface area contributed by atoms with Gasteiger partial charge in [-0.2, -0.15) is 0 Å². The maximum atomic E-state index is 12.5. The van der Waals surface area contributed by atoms with Crippen molar-refractivity contribution >= 4 is 28.1 Å². The molecule has 8 heteroatoms. The fourth-order valence-corrected chi connectivity index (χ4v) is 5.38. The molecule has 0 atom stereocenters. The number of hydrogen-bond donors (Lipinski definition) is 0. The Morgan fingerprint density at radius 1 is 1.09 bits per heavy atom. The number of thiazole rings is 1. The van der Waals surface area contributed by atoms with Crippen molar-refractivity contribution in [3.05, 3.63) is 94.0 Å². The molecule has 3 heterocycles. The van der Waals surface area contributed by atoms with E-state index in [1.165, 1.54) is 11.3 Å². The molecule has 0 aliphatic carbocycles. The summed E-state index contributed by atoms with van der Waals surface area (Å²) >= 11 is 3.02. The Morgan fingerprint density at radius 2 is 1.88 bits per heavy atom. The van der Waals surface area contributed by atoms with Crippen LogP contribution in [0.15, 0.2) is 82.2 Å². The van der Waals surface area contributed by atoms with Gasteiger partial charge in [0.1, 0.15) is 5.75 Å². The van der Waals surface area contributed by atoms with Crippen LogP contribution in [0.1, 0.15) is 11.4 Å². The van der Waals surface area contributed by atoms with Crippen LogP contribution in [-0.4, -0.2) is 26.0 Å². The lowest BCUT2D eigenvalue weighted by Crippen LogP contribution is -2.14. The second-order valence-electron chi connectivity index (χ2n) is 7.17. The zero-order chi connectivity index (χ0) is 22.1. The lowest BCUT2D eigenvalue weighted by Gasteiger charge is -2.15. The summed E-state index contributed by atoms with van der Waals surface area (Å²) in [4.78, 5) is 22.6. The van der Waals surface area contributed by atoms with Crippen LogP contribution in [-0.2, 0) is 5.75 Å². The number of imidazole rings is 1. The van der Waals surface area contributed by atoms with Crippen molar-refractivity contribution in [1.29, 1.82) is 0 Å².